The fraction of sp³-hybridized carbons (Fsp3) is 0.273. The summed E-state index contributed by atoms with van der Waals surface area (Å²) in [6.45, 7) is 0.182. The minimum atomic E-state index is -1.00. The lowest BCUT2D eigenvalue weighted by Gasteiger charge is -2.21. The molecule has 0 bridgehead atoms. The molecule has 84 valence electrons. The van der Waals surface area contributed by atoms with E-state index >= 15 is 0 Å². The first-order valence-corrected chi connectivity index (χ1v) is 4.99. The molecule has 1 atom stereocenters. The maximum Gasteiger partial charge on any atom is 0.323 e. The first-order valence-electron chi connectivity index (χ1n) is 4.99. The summed E-state index contributed by atoms with van der Waals surface area (Å²) in [6, 6.07) is 8.89. The van der Waals surface area contributed by atoms with Crippen molar-refractivity contribution in [1.29, 1.82) is 0 Å². The van der Waals surface area contributed by atoms with Gasteiger partial charge in [0.15, 0.2) is 0 Å². The number of amides is 2. The van der Waals surface area contributed by atoms with E-state index in [0.717, 1.165) is 5.56 Å². The van der Waals surface area contributed by atoms with Gasteiger partial charge in [-0.1, -0.05) is 30.3 Å². The molecule has 0 radical (unpaired) electrons. The summed E-state index contributed by atoms with van der Waals surface area (Å²) in [6.07, 6.45) is 0. The predicted octanol–water partition coefficient (Wildman–Crippen LogP) is 0.837. The fourth-order valence-corrected chi connectivity index (χ4v) is 1.84. The fourth-order valence-electron chi connectivity index (χ4n) is 1.84. The lowest BCUT2D eigenvalue weighted by atomic mass is 10.1. The summed E-state index contributed by atoms with van der Waals surface area (Å²) in [5.74, 6) is -1.00. The number of benzene rings is 1. The van der Waals surface area contributed by atoms with Crippen molar-refractivity contribution in [3.05, 3.63) is 35.9 Å². The molecular formula is C11H12N2O3. The largest absolute Gasteiger partial charge is 0.480 e. The summed E-state index contributed by atoms with van der Waals surface area (Å²) in [4.78, 5) is 23.4. The Morgan fingerprint density at radius 1 is 1.44 bits per heavy atom. The van der Waals surface area contributed by atoms with Crippen molar-refractivity contribution in [3.63, 3.8) is 0 Å². The highest BCUT2D eigenvalue weighted by Crippen LogP contribution is 2.23. The summed E-state index contributed by atoms with van der Waals surface area (Å²) >= 11 is 0. The van der Waals surface area contributed by atoms with Gasteiger partial charge in [-0.15, -0.1) is 0 Å². The molecule has 1 heterocycles. The molecule has 1 aromatic carbocycles. The van der Waals surface area contributed by atoms with Crippen LogP contribution >= 0.6 is 0 Å². The van der Waals surface area contributed by atoms with Crippen LogP contribution in [0.25, 0.3) is 0 Å². The minimum absolute atomic E-state index is 0.190. The van der Waals surface area contributed by atoms with Crippen molar-refractivity contribution >= 4 is 12.0 Å². The Kier molecular flexibility index (Phi) is 2.76. The second-order valence-corrected chi connectivity index (χ2v) is 3.63. The Bertz CT molecular complexity index is 405. The van der Waals surface area contributed by atoms with Crippen LogP contribution in [0.15, 0.2) is 30.3 Å². The van der Waals surface area contributed by atoms with E-state index in [4.69, 9.17) is 5.11 Å². The van der Waals surface area contributed by atoms with E-state index in [2.05, 4.69) is 5.32 Å². The predicted molar refractivity (Wildman–Crippen MR) is 56.9 cm³/mol. The van der Waals surface area contributed by atoms with E-state index in [9.17, 15) is 9.59 Å². The zero-order chi connectivity index (χ0) is 11.5. The van der Waals surface area contributed by atoms with E-state index in [0.29, 0.717) is 6.54 Å². The number of rotatable bonds is 3. The maximum absolute atomic E-state index is 11.4. The van der Waals surface area contributed by atoms with Crippen molar-refractivity contribution in [2.45, 2.75) is 6.04 Å². The smallest absolute Gasteiger partial charge is 0.323 e. The molecule has 5 heteroatoms. The van der Waals surface area contributed by atoms with Gasteiger partial charge in [0, 0.05) is 6.54 Å². The minimum Gasteiger partial charge on any atom is -0.480 e. The van der Waals surface area contributed by atoms with Crippen molar-refractivity contribution in [2.24, 2.45) is 0 Å². The zero-order valence-corrected chi connectivity index (χ0v) is 8.59. The standard InChI is InChI=1S/C11H12N2O3/c14-10(15)7-13-9(6-12-11(13)16)8-4-2-1-3-5-8/h1-5,9H,6-7H2,(H,12,16)(H,14,15). The molecule has 1 aliphatic heterocycles. The number of carbonyl (C=O) groups is 2. The highest BCUT2D eigenvalue weighted by atomic mass is 16.4. The molecule has 0 spiro atoms. The van der Waals surface area contributed by atoms with E-state index < -0.39 is 5.97 Å². The van der Waals surface area contributed by atoms with E-state index in [-0.39, 0.29) is 18.6 Å². The van der Waals surface area contributed by atoms with Gasteiger partial charge in [-0.2, -0.15) is 0 Å². The number of hydrogen-bond donors (Lipinski definition) is 2. The van der Waals surface area contributed by atoms with Gasteiger partial charge in [-0.25, -0.2) is 4.79 Å². The van der Waals surface area contributed by atoms with Gasteiger partial charge in [0.05, 0.1) is 6.04 Å². The number of aliphatic carboxylic acids is 1. The van der Waals surface area contributed by atoms with Gasteiger partial charge in [-0.05, 0) is 5.56 Å². The average molecular weight is 220 g/mol. The third kappa shape index (κ3) is 1.98. The lowest BCUT2D eigenvalue weighted by Crippen LogP contribution is -2.34. The van der Waals surface area contributed by atoms with E-state index in [1.165, 1.54) is 4.90 Å². The van der Waals surface area contributed by atoms with E-state index in [1.54, 1.807) is 0 Å². The monoisotopic (exact) mass is 220 g/mol. The molecule has 1 aromatic rings. The Balaban J connectivity index is 2.21. The normalized spacial score (nSPS) is 19.6. The lowest BCUT2D eigenvalue weighted by molar-refractivity contribution is -0.137. The molecule has 2 N–H and O–H groups in total. The zero-order valence-electron chi connectivity index (χ0n) is 8.59. The molecule has 2 amide bonds. The van der Waals surface area contributed by atoms with Crippen LogP contribution in [-0.2, 0) is 4.79 Å². The van der Waals surface area contributed by atoms with Crippen molar-refractivity contribution in [3.8, 4) is 0 Å². The Labute approximate surface area is 92.7 Å². The maximum atomic E-state index is 11.4. The molecule has 2 rings (SSSR count). The van der Waals surface area contributed by atoms with Crippen LogP contribution in [0.4, 0.5) is 4.79 Å². The molecule has 1 unspecified atom stereocenters. The van der Waals surface area contributed by atoms with Gasteiger partial charge in [-0.3, -0.25) is 4.79 Å². The molecule has 0 aromatic heterocycles. The van der Waals surface area contributed by atoms with Gasteiger partial charge < -0.3 is 15.3 Å². The second-order valence-electron chi connectivity index (χ2n) is 3.63. The Hall–Kier alpha value is -2.04. The Morgan fingerprint density at radius 2 is 2.12 bits per heavy atom. The van der Waals surface area contributed by atoms with Gasteiger partial charge in [0.2, 0.25) is 0 Å². The highest BCUT2D eigenvalue weighted by Gasteiger charge is 2.32. The SMILES string of the molecule is O=C(O)CN1C(=O)NCC1c1ccccc1. The molecule has 1 aliphatic rings. The average Bonchev–Trinajstić information content (AvgIpc) is 2.61. The number of carboxylic acid groups (broad SMARTS) is 1. The summed E-state index contributed by atoms with van der Waals surface area (Å²) in [7, 11) is 0. The van der Waals surface area contributed by atoms with Gasteiger partial charge >= 0.3 is 12.0 Å². The first kappa shape index (κ1) is 10.5. The van der Waals surface area contributed by atoms with Crippen LogP contribution in [0, 0.1) is 0 Å². The number of hydrogen-bond acceptors (Lipinski definition) is 2. The summed E-state index contributed by atoms with van der Waals surface area (Å²) < 4.78 is 0. The van der Waals surface area contributed by atoms with Crippen LogP contribution in [0.5, 0.6) is 0 Å². The highest BCUT2D eigenvalue weighted by molar-refractivity contribution is 5.82. The number of nitrogens with zero attached hydrogens (tertiary/aromatic N) is 1. The molecular weight excluding hydrogens is 208 g/mol. The molecule has 0 saturated carbocycles. The molecule has 5 nitrogen and oxygen atoms in total. The van der Waals surface area contributed by atoms with E-state index in [1.807, 2.05) is 30.3 Å². The molecule has 1 fully saturated rings. The summed E-state index contributed by atoms with van der Waals surface area (Å²) in [5.41, 5.74) is 0.946. The van der Waals surface area contributed by atoms with Gasteiger partial charge in [0.25, 0.3) is 0 Å². The van der Waals surface area contributed by atoms with Crippen LogP contribution in [0.2, 0.25) is 0 Å². The summed E-state index contributed by atoms with van der Waals surface area (Å²) in [5, 5.41) is 11.4. The van der Waals surface area contributed by atoms with Crippen LogP contribution < -0.4 is 5.32 Å². The molecule has 16 heavy (non-hydrogen) atoms. The topological polar surface area (TPSA) is 69.6 Å². The van der Waals surface area contributed by atoms with Crippen molar-refractivity contribution < 1.29 is 14.7 Å². The van der Waals surface area contributed by atoms with Crippen molar-refractivity contribution in [1.82, 2.24) is 10.2 Å². The quantitative estimate of drug-likeness (QED) is 0.793. The Morgan fingerprint density at radius 3 is 2.75 bits per heavy atom. The number of carboxylic acids is 1. The second kappa shape index (κ2) is 4.22. The molecule has 1 saturated heterocycles. The van der Waals surface area contributed by atoms with Crippen molar-refractivity contribution in [2.75, 3.05) is 13.1 Å². The third-order valence-corrected chi connectivity index (χ3v) is 2.57. The number of carbonyl (C=O) groups excluding carboxylic acids is 1. The molecule has 0 aliphatic carbocycles. The third-order valence-electron chi connectivity index (χ3n) is 2.57. The number of nitrogens with one attached hydrogen (secondary N) is 1. The van der Waals surface area contributed by atoms with Gasteiger partial charge in [0.1, 0.15) is 6.54 Å². The number of urea groups is 1. The van der Waals surface area contributed by atoms with Crippen LogP contribution in [0.3, 0.4) is 0 Å². The van der Waals surface area contributed by atoms with Crippen LogP contribution in [0.1, 0.15) is 11.6 Å². The van der Waals surface area contributed by atoms with Crippen LogP contribution in [-0.4, -0.2) is 35.1 Å². The first-order chi connectivity index (χ1) is 7.68.